The molecule has 7 heteroatoms. The van der Waals surface area contributed by atoms with Crippen molar-refractivity contribution < 1.29 is 4.79 Å². The molecule has 3 aromatic rings. The number of rotatable bonds is 10. The summed E-state index contributed by atoms with van der Waals surface area (Å²) in [5, 5.41) is 1.24. The average molecular weight is 474 g/mol. The molecule has 0 spiro atoms. The van der Waals surface area contributed by atoms with Crippen molar-refractivity contribution in [2.45, 2.75) is 42.7 Å². The Balaban J connectivity index is 1.95. The Bertz CT molecular complexity index is 1010. The van der Waals surface area contributed by atoms with Gasteiger partial charge in [0.15, 0.2) is 5.13 Å². The number of amides is 1. The summed E-state index contributed by atoms with van der Waals surface area (Å²) in [4.78, 5) is 25.0. The van der Waals surface area contributed by atoms with Crippen LogP contribution in [-0.2, 0) is 0 Å². The second-order valence-corrected chi connectivity index (χ2v) is 11.0. The minimum atomic E-state index is 0.0162. The maximum Gasteiger partial charge on any atom is 0.260 e. The van der Waals surface area contributed by atoms with Crippen LogP contribution in [0.25, 0.3) is 10.2 Å². The van der Waals surface area contributed by atoms with E-state index in [0.717, 1.165) is 39.9 Å². The SMILES string of the molecule is CCN(CC)CCN(C(=O)c1cccc(SC(C)C)c1)c1nc2ccc(SC)cc2s1. The van der Waals surface area contributed by atoms with Gasteiger partial charge in [0, 0.05) is 33.7 Å². The molecule has 0 aliphatic heterocycles. The molecule has 0 unspecified atom stereocenters. The van der Waals surface area contributed by atoms with Gasteiger partial charge in [0.25, 0.3) is 5.91 Å². The molecule has 4 nitrogen and oxygen atoms in total. The quantitative estimate of drug-likeness (QED) is 0.314. The number of likely N-dealkylation sites (N-methyl/N-ethyl adjacent to an activating group) is 1. The smallest absolute Gasteiger partial charge is 0.260 e. The van der Waals surface area contributed by atoms with E-state index >= 15 is 0 Å². The zero-order valence-electron chi connectivity index (χ0n) is 18.9. The molecule has 1 aromatic heterocycles. The van der Waals surface area contributed by atoms with E-state index in [0.29, 0.717) is 17.4 Å². The van der Waals surface area contributed by atoms with Crippen molar-refractivity contribution >= 4 is 56.1 Å². The Morgan fingerprint density at radius 1 is 1.06 bits per heavy atom. The van der Waals surface area contributed by atoms with Gasteiger partial charge in [-0.2, -0.15) is 0 Å². The van der Waals surface area contributed by atoms with E-state index in [9.17, 15) is 4.79 Å². The summed E-state index contributed by atoms with van der Waals surface area (Å²) in [6.07, 6.45) is 2.07. The van der Waals surface area contributed by atoms with E-state index in [-0.39, 0.29) is 5.91 Å². The molecule has 0 bridgehead atoms. The summed E-state index contributed by atoms with van der Waals surface area (Å²) in [7, 11) is 0. The van der Waals surface area contributed by atoms with E-state index in [1.54, 1.807) is 34.9 Å². The predicted octanol–water partition coefficient (Wildman–Crippen LogP) is 6.51. The minimum absolute atomic E-state index is 0.0162. The zero-order chi connectivity index (χ0) is 22.4. The topological polar surface area (TPSA) is 36.4 Å². The summed E-state index contributed by atoms with van der Waals surface area (Å²) in [6.45, 7) is 12.0. The molecule has 0 fully saturated rings. The molecule has 166 valence electrons. The van der Waals surface area contributed by atoms with Crippen LogP contribution in [0.3, 0.4) is 0 Å². The van der Waals surface area contributed by atoms with Crippen molar-refractivity contribution in [3.8, 4) is 0 Å². The monoisotopic (exact) mass is 473 g/mol. The fraction of sp³-hybridized carbons (Fsp3) is 0.417. The van der Waals surface area contributed by atoms with Crippen LogP contribution in [0.1, 0.15) is 38.1 Å². The third-order valence-electron chi connectivity index (χ3n) is 5.05. The largest absolute Gasteiger partial charge is 0.302 e. The molecule has 2 aromatic carbocycles. The van der Waals surface area contributed by atoms with Crippen LogP contribution >= 0.6 is 34.9 Å². The third kappa shape index (κ3) is 6.25. The van der Waals surface area contributed by atoms with Crippen LogP contribution in [0.2, 0.25) is 0 Å². The van der Waals surface area contributed by atoms with Gasteiger partial charge in [0.2, 0.25) is 0 Å². The fourth-order valence-electron chi connectivity index (χ4n) is 3.33. The number of fused-ring (bicyclic) bond motifs is 1. The van der Waals surface area contributed by atoms with E-state index in [2.05, 4.69) is 57.0 Å². The van der Waals surface area contributed by atoms with Gasteiger partial charge < -0.3 is 4.90 Å². The summed E-state index contributed by atoms with van der Waals surface area (Å²) in [5.41, 5.74) is 1.66. The maximum absolute atomic E-state index is 13.6. The third-order valence-corrected chi connectivity index (χ3v) is 7.81. The van der Waals surface area contributed by atoms with E-state index in [1.807, 2.05) is 29.2 Å². The normalized spacial score (nSPS) is 11.6. The summed E-state index contributed by atoms with van der Waals surface area (Å²) in [6, 6.07) is 14.3. The number of thiazole rings is 1. The molecular weight excluding hydrogens is 442 g/mol. The number of carbonyl (C=O) groups excluding carboxylic acids is 1. The fourth-order valence-corrected chi connectivity index (χ4v) is 5.77. The van der Waals surface area contributed by atoms with E-state index < -0.39 is 0 Å². The molecule has 0 saturated carbocycles. The lowest BCUT2D eigenvalue weighted by atomic mass is 10.2. The first-order chi connectivity index (χ1) is 14.9. The Kier molecular flexibility index (Phi) is 8.84. The van der Waals surface area contributed by atoms with E-state index in [4.69, 9.17) is 4.98 Å². The standard InChI is InChI=1S/C24H31N3OS3/c1-6-26(7-2)13-14-27(23(28)18-9-8-10-20(15-18)30-17(3)4)24-25-21-12-11-19(29-5)16-22(21)31-24/h8-12,15-17H,6-7,13-14H2,1-5H3. The number of hydrogen-bond donors (Lipinski definition) is 0. The molecule has 0 radical (unpaired) electrons. The van der Waals surface area contributed by atoms with Gasteiger partial charge >= 0.3 is 0 Å². The first-order valence-corrected chi connectivity index (χ1v) is 13.6. The second kappa shape index (κ2) is 11.4. The lowest BCUT2D eigenvalue weighted by molar-refractivity contribution is 0.0983. The Morgan fingerprint density at radius 3 is 2.52 bits per heavy atom. The van der Waals surface area contributed by atoms with Crippen LogP contribution in [0, 0.1) is 0 Å². The Morgan fingerprint density at radius 2 is 1.84 bits per heavy atom. The first-order valence-electron chi connectivity index (χ1n) is 10.7. The number of carbonyl (C=O) groups is 1. The lowest BCUT2D eigenvalue weighted by Crippen LogP contribution is -2.38. The summed E-state index contributed by atoms with van der Waals surface area (Å²) in [5.74, 6) is 0.0162. The summed E-state index contributed by atoms with van der Waals surface area (Å²) >= 11 is 5.09. The van der Waals surface area contributed by atoms with Gasteiger partial charge in [-0.05, 0) is 55.7 Å². The molecule has 0 atom stereocenters. The van der Waals surface area contributed by atoms with Crippen molar-refractivity contribution in [2.75, 3.05) is 37.3 Å². The molecular formula is C24H31N3OS3. The summed E-state index contributed by atoms with van der Waals surface area (Å²) < 4.78 is 1.12. The van der Waals surface area contributed by atoms with Gasteiger partial charge in [0.05, 0.1) is 10.2 Å². The second-order valence-electron chi connectivity index (χ2n) is 7.51. The van der Waals surface area contributed by atoms with Crippen molar-refractivity contribution in [2.24, 2.45) is 0 Å². The van der Waals surface area contributed by atoms with Crippen LogP contribution in [-0.4, -0.2) is 53.5 Å². The van der Waals surface area contributed by atoms with Gasteiger partial charge in [0.1, 0.15) is 0 Å². The average Bonchev–Trinajstić information content (AvgIpc) is 3.19. The van der Waals surface area contributed by atoms with E-state index in [1.165, 1.54) is 4.90 Å². The minimum Gasteiger partial charge on any atom is -0.302 e. The van der Waals surface area contributed by atoms with Gasteiger partial charge in [-0.25, -0.2) is 4.98 Å². The number of aromatic nitrogens is 1. The number of benzene rings is 2. The highest BCUT2D eigenvalue weighted by atomic mass is 32.2. The number of anilines is 1. The molecule has 3 rings (SSSR count). The van der Waals surface area contributed by atoms with Crippen molar-refractivity contribution in [3.05, 3.63) is 48.0 Å². The zero-order valence-corrected chi connectivity index (χ0v) is 21.4. The molecule has 0 saturated heterocycles. The molecule has 0 N–H and O–H groups in total. The lowest BCUT2D eigenvalue weighted by Gasteiger charge is -2.25. The van der Waals surface area contributed by atoms with Gasteiger partial charge in [-0.1, -0.05) is 45.1 Å². The van der Waals surface area contributed by atoms with Crippen molar-refractivity contribution in [3.63, 3.8) is 0 Å². The Hall–Kier alpha value is -1.54. The molecule has 1 heterocycles. The van der Waals surface area contributed by atoms with Crippen LogP contribution in [0.15, 0.2) is 52.3 Å². The first kappa shape index (κ1) is 24.1. The van der Waals surface area contributed by atoms with Gasteiger partial charge in [-0.3, -0.25) is 9.69 Å². The van der Waals surface area contributed by atoms with Crippen molar-refractivity contribution in [1.82, 2.24) is 9.88 Å². The predicted molar refractivity (Wildman–Crippen MR) is 138 cm³/mol. The highest BCUT2D eigenvalue weighted by Gasteiger charge is 2.22. The van der Waals surface area contributed by atoms with Crippen molar-refractivity contribution in [1.29, 1.82) is 0 Å². The number of nitrogens with zero attached hydrogens (tertiary/aromatic N) is 3. The molecule has 0 aliphatic rings. The van der Waals surface area contributed by atoms with Gasteiger partial charge in [-0.15, -0.1) is 23.5 Å². The van der Waals surface area contributed by atoms with Crippen LogP contribution in [0.4, 0.5) is 5.13 Å². The molecule has 1 amide bonds. The molecule has 0 aliphatic carbocycles. The highest BCUT2D eigenvalue weighted by Crippen LogP contribution is 2.33. The highest BCUT2D eigenvalue weighted by molar-refractivity contribution is 8.00. The maximum atomic E-state index is 13.6. The van der Waals surface area contributed by atoms with Crippen LogP contribution in [0.5, 0.6) is 0 Å². The number of hydrogen-bond acceptors (Lipinski definition) is 6. The van der Waals surface area contributed by atoms with Crippen LogP contribution < -0.4 is 4.90 Å². The Labute approximate surface area is 198 Å². The molecule has 31 heavy (non-hydrogen) atoms. The number of thioether (sulfide) groups is 2.